The first-order valence-corrected chi connectivity index (χ1v) is 4.50. The number of alkyl halides is 3. The van der Waals surface area contributed by atoms with E-state index in [0.717, 1.165) is 6.42 Å². The fourth-order valence-corrected chi connectivity index (χ4v) is 1.29. The van der Waals surface area contributed by atoms with Crippen molar-refractivity contribution in [1.29, 1.82) is 0 Å². The van der Waals surface area contributed by atoms with Crippen LogP contribution < -0.4 is 0 Å². The number of rotatable bonds is 3. The van der Waals surface area contributed by atoms with Crippen molar-refractivity contribution >= 4 is 0 Å². The molecule has 0 spiro atoms. The van der Waals surface area contributed by atoms with Gasteiger partial charge in [0.15, 0.2) is 5.69 Å². The normalized spacial score (nSPS) is 12.1. The minimum atomic E-state index is -4.39. The van der Waals surface area contributed by atoms with Crippen LogP contribution in [0.1, 0.15) is 31.7 Å². The van der Waals surface area contributed by atoms with Gasteiger partial charge in [0.05, 0.1) is 5.69 Å². The predicted octanol–water partition coefficient (Wildman–Crippen LogP) is 2.27. The summed E-state index contributed by atoms with van der Waals surface area (Å²) in [7, 11) is 0. The molecule has 0 radical (unpaired) electrons. The van der Waals surface area contributed by atoms with E-state index in [0.29, 0.717) is 13.0 Å². The molecule has 0 bridgehead atoms. The van der Waals surface area contributed by atoms with Gasteiger partial charge in [0.1, 0.15) is 0 Å². The van der Waals surface area contributed by atoms with Gasteiger partial charge < -0.3 is 0 Å². The van der Waals surface area contributed by atoms with Gasteiger partial charge in [0.25, 0.3) is 0 Å². The van der Waals surface area contributed by atoms with E-state index < -0.39 is 11.9 Å². The SMILES string of the molecule is CCCn1nnc(C(F)(F)F)c1CC. The summed E-state index contributed by atoms with van der Waals surface area (Å²) >= 11 is 0. The summed E-state index contributed by atoms with van der Waals surface area (Å²) in [6.45, 7) is 4.03. The molecule has 0 saturated heterocycles. The molecule has 1 heterocycles. The topological polar surface area (TPSA) is 30.7 Å². The van der Waals surface area contributed by atoms with Gasteiger partial charge >= 0.3 is 6.18 Å². The number of halogens is 3. The van der Waals surface area contributed by atoms with Crippen LogP contribution in [0.3, 0.4) is 0 Å². The van der Waals surface area contributed by atoms with Gasteiger partial charge in [0.2, 0.25) is 0 Å². The Balaban J connectivity index is 3.07. The van der Waals surface area contributed by atoms with E-state index in [9.17, 15) is 13.2 Å². The average Bonchev–Trinajstić information content (AvgIpc) is 2.47. The van der Waals surface area contributed by atoms with Gasteiger partial charge in [-0.05, 0) is 12.8 Å². The Morgan fingerprint density at radius 2 is 1.93 bits per heavy atom. The molecule has 14 heavy (non-hydrogen) atoms. The van der Waals surface area contributed by atoms with Gasteiger partial charge in [-0.15, -0.1) is 5.10 Å². The Morgan fingerprint density at radius 3 is 2.36 bits per heavy atom. The number of hydrogen-bond donors (Lipinski definition) is 0. The molecule has 0 aliphatic rings. The highest BCUT2D eigenvalue weighted by atomic mass is 19.4. The highest BCUT2D eigenvalue weighted by Crippen LogP contribution is 2.30. The monoisotopic (exact) mass is 207 g/mol. The minimum absolute atomic E-state index is 0.166. The quantitative estimate of drug-likeness (QED) is 0.761. The molecule has 1 aromatic rings. The van der Waals surface area contributed by atoms with E-state index in [-0.39, 0.29) is 5.69 Å². The lowest BCUT2D eigenvalue weighted by Gasteiger charge is -2.06. The zero-order chi connectivity index (χ0) is 10.8. The van der Waals surface area contributed by atoms with Crippen molar-refractivity contribution < 1.29 is 13.2 Å². The molecular formula is C8H12F3N3. The van der Waals surface area contributed by atoms with Crippen LogP contribution in [0.15, 0.2) is 0 Å². The molecule has 6 heteroatoms. The first-order valence-electron chi connectivity index (χ1n) is 4.50. The zero-order valence-corrected chi connectivity index (χ0v) is 8.10. The Kier molecular flexibility index (Phi) is 3.13. The third-order valence-electron chi connectivity index (χ3n) is 1.88. The van der Waals surface area contributed by atoms with E-state index in [2.05, 4.69) is 10.3 Å². The molecule has 0 aromatic carbocycles. The molecule has 80 valence electrons. The molecule has 0 fully saturated rings. The summed E-state index contributed by atoms with van der Waals surface area (Å²) < 4.78 is 38.4. The third-order valence-corrected chi connectivity index (χ3v) is 1.88. The first kappa shape index (κ1) is 11.0. The summed E-state index contributed by atoms with van der Waals surface area (Å²) in [5.74, 6) is 0. The van der Waals surface area contributed by atoms with E-state index in [4.69, 9.17) is 0 Å². The molecule has 0 N–H and O–H groups in total. The molecule has 1 aromatic heterocycles. The maximum atomic E-state index is 12.4. The first-order chi connectivity index (χ1) is 6.50. The van der Waals surface area contributed by atoms with Crippen LogP contribution in [0.5, 0.6) is 0 Å². The van der Waals surface area contributed by atoms with E-state index in [1.54, 1.807) is 6.92 Å². The number of aromatic nitrogens is 3. The van der Waals surface area contributed by atoms with Crippen molar-refractivity contribution in [1.82, 2.24) is 15.0 Å². The van der Waals surface area contributed by atoms with Gasteiger partial charge in [-0.3, -0.25) is 0 Å². The molecule has 0 amide bonds. The predicted molar refractivity (Wildman–Crippen MR) is 44.7 cm³/mol. The summed E-state index contributed by atoms with van der Waals surface area (Å²) in [6.07, 6.45) is -3.35. The van der Waals surface area contributed by atoms with Crippen molar-refractivity contribution in [2.75, 3.05) is 0 Å². The Morgan fingerprint density at radius 1 is 1.29 bits per heavy atom. The lowest BCUT2D eigenvalue weighted by Crippen LogP contribution is -2.11. The maximum Gasteiger partial charge on any atom is 0.437 e. The van der Waals surface area contributed by atoms with Crippen LogP contribution in [-0.4, -0.2) is 15.0 Å². The fraction of sp³-hybridized carbons (Fsp3) is 0.750. The van der Waals surface area contributed by atoms with E-state index >= 15 is 0 Å². The third kappa shape index (κ3) is 2.05. The fourth-order valence-electron chi connectivity index (χ4n) is 1.29. The summed E-state index contributed by atoms with van der Waals surface area (Å²) in [6, 6.07) is 0. The summed E-state index contributed by atoms with van der Waals surface area (Å²) in [4.78, 5) is 0. The highest BCUT2D eigenvalue weighted by Gasteiger charge is 2.37. The van der Waals surface area contributed by atoms with E-state index in [1.807, 2.05) is 6.92 Å². The lowest BCUT2D eigenvalue weighted by atomic mass is 10.2. The smallest absolute Gasteiger partial charge is 0.249 e. The summed E-state index contributed by atoms with van der Waals surface area (Å²) in [5.41, 5.74) is -0.687. The van der Waals surface area contributed by atoms with Crippen LogP contribution in [-0.2, 0) is 19.1 Å². The van der Waals surface area contributed by atoms with E-state index in [1.165, 1.54) is 4.68 Å². The van der Waals surface area contributed by atoms with Crippen LogP contribution in [0, 0.1) is 0 Å². The second-order valence-electron chi connectivity index (χ2n) is 2.96. The molecular weight excluding hydrogens is 195 g/mol. The summed E-state index contributed by atoms with van der Waals surface area (Å²) in [5, 5.41) is 6.65. The van der Waals surface area contributed by atoms with Gasteiger partial charge in [-0.25, -0.2) is 4.68 Å². The van der Waals surface area contributed by atoms with Gasteiger partial charge in [-0.2, -0.15) is 13.2 Å². The average molecular weight is 207 g/mol. The van der Waals surface area contributed by atoms with Crippen molar-refractivity contribution in [3.05, 3.63) is 11.4 Å². The van der Waals surface area contributed by atoms with Gasteiger partial charge in [0, 0.05) is 6.54 Å². The molecule has 0 aliphatic carbocycles. The highest BCUT2D eigenvalue weighted by molar-refractivity contribution is 5.13. The minimum Gasteiger partial charge on any atom is -0.249 e. The van der Waals surface area contributed by atoms with Crippen molar-refractivity contribution in [2.24, 2.45) is 0 Å². The Labute approximate surface area is 79.9 Å². The standard InChI is InChI=1S/C8H12F3N3/c1-3-5-14-6(4-2)7(12-13-14)8(9,10)11/h3-5H2,1-2H3. The molecule has 1 rings (SSSR count). The van der Waals surface area contributed by atoms with Crippen LogP contribution >= 0.6 is 0 Å². The van der Waals surface area contributed by atoms with Crippen molar-refractivity contribution in [2.45, 2.75) is 39.4 Å². The lowest BCUT2D eigenvalue weighted by molar-refractivity contribution is -0.141. The number of hydrogen-bond acceptors (Lipinski definition) is 2. The maximum absolute atomic E-state index is 12.4. The molecule has 0 unspecified atom stereocenters. The Bertz CT molecular complexity index is 303. The molecule has 3 nitrogen and oxygen atoms in total. The van der Waals surface area contributed by atoms with Crippen molar-refractivity contribution in [3.63, 3.8) is 0 Å². The molecule has 0 aliphatic heterocycles. The van der Waals surface area contributed by atoms with Crippen molar-refractivity contribution in [3.8, 4) is 0 Å². The molecule has 0 atom stereocenters. The Hall–Kier alpha value is -1.07. The van der Waals surface area contributed by atoms with Gasteiger partial charge in [-0.1, -0.05) is 19.1 Å². The second kappa shape index (κ2) is 3.98. The second-order valence-corrected chi connectivity index (χ2v) is 2.96. The number of nitrogens with zero attached hydrogens (tertiary/aromatic N) is 3. The van der Waals surface area contributed by atoms with Crippen LogP contribution in [0.4, 0.5) is 13.2 Å². The zero-order valence-electron chi connectivity index (χ0n) is 8.10. The molecule has 0 saturated carbocycles. The largest absolute Gasteiger partial charge is 0.437 e. The number of aryl methyl sites for hydroxylation is 1. The van der Waals surface area contributed by atoms with Crippen LogP contribution in [0.25, 0.3) is 0 Å². The van der Waals surface area contributed by atoms with Crippen LogP contribution in [0.2, 0.25) is 0 Å².